The second-order valence-corrected chi connectivity index (χ2v) is 7.38. The van der Waals surface area contributed by atoms with Crippen LogP contribution in [0.2, 0.25) is 0 Å². The Bertz CT molecular complexity index is 617. The summed E-state index contributed by atoms with van der Waals surface area (Å²) in [5, 5.41) is 2.66. The minimum Gasteiger partial charge on any atom is -0.484 e. The molecule has 1 unspecified atom stereocenters. The van der Waals surface area contributed by atoms with Gasteiger partial charge in [0.25, 0.3) is 5.91 Å². The van der Waals surface area contributed by atoms with Crippen LogP contribution < -0.4 is 10.1 Å². The standard InChI is InChI=1S/C13H16FNO4S/c1-13(5-6-20(17,18)9-13)15-12(16)8-19-11-4-2-3-10(14)7-11/h2-4,7H,5-6,8-9H2,1H3,(H,15,16). The predicted octanol–water partition coefficient (Wildman–Crippen LogP) is 0.898. The summed E-state index contributed by atoms with van der Waals surface area (Å²) in [4.78, 5) is 11.7. The fraction of sp³-hybridized carbons (Fsp3) is 0.462. The summed E-state index contributed by atoms with van der Waals surface area (Å²) in [6, 6.07) is 5.47. The van der Waals surface area contributed by atoms with E-state index in [1.807, 2.05) is 0 Å². The van der Waals surface area contributed by atoms with Crippen molar-refractivity contribution in [2.45, 2.75) is 18.9 Å². The van der Waals surface area contributed by atoms with E-state index in [4.69, 9.17) is 4.74 Å². The lowest BCUT2D eigenvalue weighted by Gasteiger charge is -2.23. The van der Waals surface area contributed by atoms with Crippen molar-refractivity contribution in [2.24, 2.45) is 0 Å². The Hall–Kier alpha value is -1.63. The molecule has 1 saturated heterocycles. The highest BCUT2D eigenvalue weighted by molar-refractivity contribution is 7.91. The fourth-order valence-corrected chi connectivity index (χ4v) is 4.28. The van der Waals surface area contributed by atoms with Crippen molar-refractivity contribution < 1.29 is 22.3 Å². The number of halogens is 1. The SMILES string of the molecule is CC1(NC(=O)COc2cccc(F)c2)CCS(=O)(=O)C1. The highest BCUT2D eigenvalue weighted by atomic mass is 32.2. The van der Waals surface area contributed by atoms with Crippen molar-refractivity contribution in [1.29, 1.82) is 0 Å². The molecule has 0 aliphatic carbocycles. The zero-order valence-corrected chi connectivity index (χ0v) is 11.9. The molecule has 0 aromatic heterocycles. The van der Waals surface area contributed by atoms with Crippen LogP contribution in [-0.2, 0) is 14.6 Å². The number of amides is 1. The van der Waals surface area contributed by atoms with Gasteiger partial charge in [-0.05, 0) is 25.5 Å². The van der Waals surface area contributed by atoms with Gasteiger partial charge in [0.15, 0.2) is 16.4 Å². The topological polar surface area (TPSA) is 72.5 Å². The lowest BCUT2D eigenvalue weighted by atomic mass is 10.0. The predicted molar refractivity (Wildman–Crippen MR) is 71.7 cm³/mol. The van der Waals surface area contributed by atoms with Crippen LogP contribution in [0, 0.1) is 5.82 Å². The van der Waals surface area contributed by atoms with Crippen LogP contribution in [0.15, 0.2) is 24.3 Å². The smallest absolute Gasteiger partial charge is 0.258 e. The molecule has 1 aliphatic rings. The van der Waals surface area contributed by atoms with Crippen molar-refractivity contribution in [1.82, 2.24) is 5.32 Å². The zero-order chi connectivity index (χ0) is 14.8. The zero-order valence-electron chi connectivity index (χ0n) is 11.1. The van der Waals surface area contributed by atoms with Gasteiger partial charge in [0.05, 0.1) is 17.0 Å². The van der Waals surface area contributed by atoms with Gasteiger partial charge in [-0.3, -0.25) is 4.79 Å². The Morgan fingerprint density at radius 2 is 2.25 bits per heavy atom. The van der Waals surface area contributed by atoms with Crippen LogP contribution >= 0.6 is 0 Å². The Morgan fingerprint density at radius 1 is 1.50 bits per heavy atom. The summed E-state index contributed by atoms with van der Waals surface area (Å²) in [6.07, 6.45) is 0.390. The molecule has 0 radical (unpaired) electrons. The van der Waals surface area contributed by atoms with E-state index in [1.54, 1.807) is 6.92 Å². The maximum absolute atomic E-state index is 12.9. The Balaban J connectivity index is 1.87. The summed E-state index contributed by atoms with van der Waals surface area (Å²) in [5.74, 6) is -0.602. The fourth-order valence-electron chi connectivity index (χ4n) is 2.19. The van der Waals surface area contributed by atoms with Crippen LogP contribution in [0.3, 0.4) is 0 Å². The number of nitrogens with one attached hydrogen (secondary N) is 1. The first-order valence-electron chi connectivity index (χ1n) is 6.18. The Kier molecular flexibility index (Phi) is 3.99. The monoisotopic (exact) mass is 301 g/mol. The van der Waals surface area contributed by atoms with Crippen LogP contribution in [0.5, 0.6) is 5.75 Å². The molecule has 0 saturated carbocycles. The first-order chi connectivity index (χ1) is 9.28. The second kappa shape index (κ2) is 5.40. The molecule has 1 N–H and O–H groups in total. The maximum atomic E-state index is 12.9. The van der Waals surface area contributed by atoms with Crippen LogP contribution in [0.4, 0.5) is 4.39 Å². The van der Waals surface area contributed by atoms with Crippen LogP contribution in [0.1, 0.15) is 13.3 Å². The molecule has 5 nitrogen and oxygen atoms in total. The summed E-state index contributed by atoms with van der Waals surface area (Å²) in [5.41, 5.74) is -0.749. The van der Waals surface area contributed by atoms with Crippen molar-refractivity contribution >= 4 is 15.7 Å². The number of carbonyl (C=O) groups excluding carboxylic acids is 1. The van der Waals surface area contributed by atoms with Crippen molar-refractivity contribution in [2.75, 3.05) is 18.1 Å². The molecule has 1 amide bonds. The Morgan fingerprint density at radius 3 is 2.85 bits per heavy atom. The highest BCUT2D eigenvalue weighted by Gasteiger charge is 2.39. The first-order valence-corrected chi connectivity index (χ1v) is 8.00. The molecule has 1 fully saturated rings. The van der Waals surface area contributed by atoms with Gasteiger partial charge >= 0.3 is 0 Å². The number of ether oxygens (including phenoxy) is 1. The molecule has 1 aromatic rings. The summed E-state index contributed by atoms with van der Waals surface area (Å²) in [6.45, 7) is 1.41. The molecule has 1 atom stereocenters. The highest BCUT2D eigenvalue weighted by Crippen LogP contribution is 2.22. The quantitative estimate of drug-likeness (QED) is 0.897. The summed E-state index contributed by atoms with van der Waals surface area (Å²) >= 11 is 0. The molecular formula is C13H16FNO4S. The van der Waals surface area contributed by atoms with Crippen molar-refractivity contribution in [3.8, 4) is 5.75 Å². The van der Waals surface area contributed by atoms with Gasteiger partial charge < -0.3 is 10.1 Å². The van der Waals surface area contributed by atoms with Gasteiger partial charge in [0.1, 0.15) is 11.6 Å². The molecule has 0 spiro atoms. The number of carbonyl (C=O) groups is 1. The molecule has 1 heterocycles. The second-order valence-electron chi connectivity index (χ2n) is 5.20. The largest absolute Gasteiger partial charge is 0.484 e. The van der Waals surface area contributed by atoms with Crippen LogP contribution in [0.25, 0.3) is 0 Å². The minimum absolute atomic E-state index is 0.0638. The number of hydrogen-bond acceptors (Lipinski definition) is 4. The molecule has 1 aromatic carbocycles. The first kappa shape index (κ1) is 14.8. The molecule has 110 valence electrons. The van der Waals surface area contributed by atoms with E-state index in [-0.39, 0.29) is 23.9 Å². The van der Waals surface area contributed by atoms with Gasteiger partial charge in [-0.2, -0.15) is 0 Å². The minimum atomic E-state index is -3.08. The van der Waals surface area contributed by atoms with E-state index >= 15 is 0 Å². The lowest BCUT2D eigenvalue weighted by Crippen LogP contribution is -2.48. The van der Waals surface area contributed by atoms with Gasteiger partial charge in [-0.15, -0.1) is 0 Å². The van der Waals surface area contributed by atoms with Gasteiger partial charge in [-0.25, -0.2) is 12.8 Å². The molecule has 1 aliphatic heterocycles. The van der Waals surface area contributed by atoms with E-state index < -0.39 is 27.1 Å². The maximum Gasteiger partial charge on any atom is 0.258 e. The summed E-state index contributed by atoms with van der Waals surface area (Å²) < 4.78 is 40.9. The summed E-state index contributed by atoms with van der Waals surface area (Å²) in [7, 11) is -3.08. The number of sulfone groups is 1. The molecule has 20 heavy (non-hydrogen) atoms. The average molecular weight is 301 g/mol. The Labute approximate surface area is 117 Å². The molecule has 2 rings (SSSR count). The van der Waals surface area contributed by atoms with Gasteiger partial charge in [0.2, 0.25) is 0 Å². The third-order valence-electron chi connectivity index (χ3n) is 3.11. The van der Waals surface area contributed by atoms with E-state index in [2.05, 4.69) is 5.32 Å². The van der Waals surface area contributed by atoms with E-state index in [9.17, 15) is 17.6 Å². The van der Waals surface area contributed by atoms with Gasteiger partial charge in [0, 0.05) is 6.07 Å². The molecule has 7 heteroatoms. The van der Waals surface area contributed by atoms with E-state index in [0.717, 1.165) is 0 Å². The van der Waals surface area contributed by atoms with Gasteiger partial charge in [-0.1, -0.05) is 6.07 Å². The molecular weight excluding hydrogens is 285 g/mol. The number of rotatable bonds is 4. The van der Waals surface area contributed by atoms with Crippen molar-refractivity contribution in [3.63, 3.8) is 0 Å². The molecule has 0 bridgehead atoms. The third-order valence-corrected chi connectivity index (χ3v) is 5.01. The van der Waals surface area contributed by atoms with Crippen molar-refractivity contribution in [3.05, 3.63) is 30.1 Å². The van der Waals surface area contributed by atoms with Crippen LogP contribution in [-0.4, -0.2) is 38.0 Å². The van der Waals surface area contributed by atoms with E-state index in [1.165, 1.54) is 24.3 Å². The number of hydrogen-bond donors (Lipinski definition) is 1. The average Bonchev–Trinajstić information content (AvgIpc) is 2.61. The lowest BCUT2D eigenvalue weighted by molar-refractivity contribution is -0.124. The third kappa shape index (κ3) is 3.93. The number of benzene rings is 1. The normalized spacial score (nSPS) is 24.3. The van der Waals surface area contributed by atoms with E-state index in [0.29, 0.717) is 6.42 Å².